The number of carbonyl (C=O) groups is 1. The number of carbonyl (C=O) groups excluding carboxylic acids is 1. The number of aromatic nitrogens is 2. The predicted molar refractivity (Wildman–Crippen MR) is 60.1 cm³/mol. The minimum absolute atomic E-state index is 0.294. The van der Waals surface area contributed by atoms with E-state index in [4.69, 9.17) is 0 Å². The second-order valence-corrected chi connectivity index (χ2v) is 5.14. The molecular weight excluding hydrogens is 269 g/mol. The maximum Gasteiger partial charge on any atom is 0.450 e. The molecule has 0 aliphatic heterocycles. The Morgan fingerprint density at radius 1 is 1.44 bits per heavy atom. The van der Waals surface area contributed by atoms with Crippen molar-refractivity contribution in [2.75, 3.05) is 5.75 Å². The summed E-state index contributed by atoms with van der Waals surface area (Å²) >= 11 is 1.56. The predicted octanol–water partition coefficient (Wildman–Crippen LogP) is 2.63. The van der Waals surface area contributed by atoms with Gasteiger partial charge in [0.25, 0.3) is 0 Å². The highest BCUT2D eigenvalue weighted by molar-refractivity contribution is 7.98. The van der Waals surface area contributed by atoms with Crippen LogP contribution < -0.4 is 0 Å². The first kappa shape index (κ1) is 15.0. The van der Waals surface area contributed by atoms with Gasteiger partial charge >= 0.3 is 6.18 Å². The topological polar surface area (TPSA) is 56.0 Å². The Morgan fingerprint density at radius 2 is 2.11 bits per heavy atom. The van der Waals surface area contributed by atoms with E-state index in [0.717, 1.165) is 5.75 Å². The Balaban J connectivity index is 2.46. The Morgan fingerprint density at radius 3 is 2.67 bits per heavy atom. The summed E-state index contributed by atoms with van der Waals surface area (Å²) in [5, 5.41) is 3.52. The average Bonchev–Trinajstić information content (AvgIpc) is 2.63. The molecule has 0 saturated carbocycles. The molecule has 0 atom stereocenters. The SMILES string of the molecule is CC(C)CSCc1noc(CC(=O)C(F)(F)F)n1. The summed E-state index contributed by atoms with van der Waals surface area (Å²) in [6.07, 6.45) is -5.76. The van der Waals surface area contributed by atoms with E-state index in [1.807, 2.05) is 0 Å². The van der Waals surface area contributed by atoms with Gasteiger partial charge in [-0.3, -0.25) is 4.79 Å². The van der Waals surface area contributed by atoms with Gasteiger partial charge in [0.15, 0.2) is 5.82 Å². The van der Waals surface area contributed by atoms with E-state index in [-0.39, 0.29) is 5.89 Å². The minimum atomic E-state index is -4.86. The highest BCUT2D eigenvalue weighted by Gasteiger charge is 2.39. The minimum Gasteiger partial charge on any atom is -0.339 e. The molecule has 0 amide bonds. The summed E-state index contributed by atoms with van der Waals surface area (Å²) in [6.45, 7) is 4.10. The summed E-state index contributed by atoms with van der Waals surface area (Å²) in [7, 11) is 0. The van der Waals surface area contributed by atoms with Crippen LogP contribution in [0, 0.1) is 5.92 Å². The molecule has 0 aromatic carbocycles. The van der Waals surface area contributed by atoms with Crippen LogP contribution in [0.3, 0.4) is 0 Å². The smallest absolute Gasteiger partial charge is 0.339 e. The standard InChI is InChI=1S/C10H13F3N2O2S/c1-6(2)4-18-5-8-14-9(17-15-8)3-7(16)10(11,12)13/h6H,3-5H2,1-2H3. The molecule has 0 aliphatic carbocycles. The normalized spacial score (nSPS) is 12.1. The zero-order valence-electron chi connectivity index (χ0n) is 9.95. The molecule has 1 rings (SSSR count). The van der Waals surface area contributed by atoms with E-state index in [1.165, 1.54) is 0 Å². The molecule has 0 fully saturated rings. The molecule has 0 N–H and O–H groups in total. The molecule has 0 aliphatic rings. The van der Waals surface area contributed by atoms with E-state index in [9.17, 15) is 18.0 Å². The van der Waals surface area contributed by atoms with Crippen LogP contribution >= 0.6 is 11.8 Å². The largest absolute Gasteiger partial charge is 0.450 e. The van der Waals surface area contributed by atoms with Gasteiger partial charge in [-0.2, -0.15) is 29.9 Å². The molecule has 8 heteroatoms. The first-order valence-corrected chi connectivity index (χ1v) is 6.43. The number of Topliss-reactive ketones (excluding diaryl/α,β-unsaturated/α-hetero) is 1. The molecule has 18 heavy (non-hydrogen) atoms. The molecule has 1 aromatic heterocycles. The maximum absolute atomic E-state index is 12.0. The number of rotatable bonds is 6. The van der Waals surface area contributed by atoms with Crippen molar-refractivity contribution in [3.05, 3.63) is 11.7 Å². The number of ketones is 1. The lowest BCUT2D eigenvalue weighted by atomic mass is 10.3. The van der Waals surface area contributed by atoms with Crippen LogP contribution in [-0.2, 0) is 17.0 Å². The lowest BCUT2D eigenvalue weighted by Crippen LogP contribution is -2.24. The van der Waals surface area contributed by atoms with E-state index >= 15 is 0 Å². The third-order valence-electron chi connectivity index (χ3n) is 1.82. The van der Waals surface area contributed by atoms with E-state index in [1.54, 1.807) is 11.8 Å². The Hall–Kier alpha value is -1.05. The fraction of sp³-hybridized carbons (Fsp3) is 0.700. The zero-order chi connectivity index (χ0) is 13.8. The van der Waals surface area contributed by atoms with Gasteiger partial charge in [0, 0.05) is 0 Å². The number of hydrogen-bond donors (Lipinski definition) is 0. The van der Waals surface area contributed by atoms with Crippen molar-refractivity contribution in [2.24, 2.45) is 5.92 Å². The molecule has 0 unspecified atom stereocenters. The molecule has 102 valence electrons. The molecule has 4 nitrogen and oxygen atoms in total. The van der Waals surface area contributed by atoms with Crippen LogP contribution in [0.4, 0.5) is 13.2 Å². The monoisotopic (exact) mass is 282 g/mol. The van der Waals surface area contributed by atoms with Crippen molar-refractivity contribution in [3.8, 4) is 0 Å². The third-order valence-corrected chi connectivity index (χ3v) is 3.19. The molecule has 0 saturated heterocycles. The van der Waals surface area contributed by atoms with Gasteiger partial charge in [-0.15, -0.1) is 0 Å². The second-order valence-electron chi connectivity index (χ2n) is 4.11. The van der Waals surface area contributed by atoms with Gasteiger partial charge < -0.3 is 4.52 Å². The number of halogens is 3. The summed E-state index contributed by atoms with van der Waals surface area (Å²) in [4.78, 5) is 14.4. The number of nitrogens with zero attached hydrogens (tertiary/aromatic N) is 2. The summed E-state index contributed by atoms with van der Waals surface area (Å²) < 4.78 is 40.6. The number of thioether (sulfide) groups is 1. The second kappa shape index (κ2) is 6.21. The van der Waals surface area contributed by atoms with Crippen molar-refractivity contribution >= 4 is 17.5 Å². The van der Waals surface area contributed by atoms with Gasteiger partial charge in [-0.05, 0) is 11.7 Å². The van der Waals surface area contributed by atoms with Crippen molar-refractivity contribution in [3.63, 3.8) is 0 Å². The average molecular weight is 282 g/mol. The van der Waals surface area contributed by atoms with Gasteiger partial charge in [0.1, 0.15) is 0 Å². The highest BCUT2D eigenvalue weighted by Crippen LogP contribution is 2.19. The molecule has 1 aromatic rings. The number of alkyl halides is 3. The molecular formula is C10H13F3N2O2S. The fourth-order valence-electron chi connectivity index (χ4n) is 1.04. The first-order valence-electron chi connectivity index (χ1n) is 5.28. The molecule has 1 heterocycles. The van der Waals surface area contributed by atoms with Gasteiger partial charge in [-0.1, -0.05) is 19.0 Å². The van der Waals surface area contributed by atoms with Crippen molar-refractivity contribution in [1.82, 2.24) is 10.1 Å². The van der Waals surface area contributed by atoms with Crippen LogP contribution in [0.5, 0.6) is 0 Å². The van der Waals surface area contributed by atoms with Gasteiger partial charge in [0.2, 0.25) is 11.7 Å². The summed E-state index contributed by atoms with van der Waals surface area (Å²) in [5.74, 6) is -0.00318. The molecule has 0 bridgehead atoms. The quantitative estimate of drug-likeness (QED) is 0.802. The van der Waals surface area contributed by atoms with Crippen LogP contribution in [0.2, 0.25) is 0 Å². The third kappa shape index (κ3) is 5.07. The van der Waals surface area contributed by atoms with E-state index in [2.05, 4.69) is 28.5 Å². The van der Waals surface area contributed by atoms with Crippen LogP contribution in [0.25, 0.3) is 0 Å². The van der Waals surface area contributed by atoms with E-state index < -0.39 is 18.4 Å². The maximum atomic E-state index is 12.0. The first-order chi connectivity index (χ1) is 8.29. The lowest BCUT2D eigenvalue weighted by Gasteiger charge is -2.01. The lowest BCUT2D eigenvalue weighted by molar-refractivity contribution is -0.170. The van der Waals surface area contributed by atoms with Crippen LogP contribution in [0.15, 0.2) is 4.52 Å². The van der Waals surface area contributed by atoms with Gasteiger partial charge in [-0.25, -0.2) is 0 Å². The van der Waals surface area contributed by atoms with Crippen molar-refractivity contribution < 1.29 is 22.5 Å². The van der Waals surface area contributed by atoms with Crippen molar-refractivity contribution in [1.29, 1.82) is 0 Å². The summed E-state index contributed by atoms with van der Waals surface area (Å²) in [6, 6.07) is 0. The van der Waals surface area contributed by atoms with Crippen LogP contribution in [0.1, 0.15) is 25.6 Å². The fourth-order valence-corrected chi connectivity index (χ4v) is 1.93. The Labute approximate surface area is 106 Å². The summed E-state index contributed by atoms with van der Waals surface area (Å²) in [5.41, 5.74) is 0. The Kier molecular flexibility index (Phi) is 5.18. The number of hydrogen-bond acceptors (Lipinski definition) is 5. The van der Waals surface area contributed by atoms with Crippen LogP contribution in [-0.4, -0.2) is 27.9 Å². The Bertz CT molecular complexity index is 404. The van der Waals surface area contributed by atoms with Gasteiger partial charge in [0.05, 0.1) is 12.2 Å². The molecule has 0 spiro atoms. The van der Waals surface area contributed by atoms with E-state index in [0.29, 0.717) is 17.5 Å². The molecule has 0 radical (unpaired) electrons. The zero-order valence-corrected chi connectivity index (χ0v) is 10.8. The highest BCUT2D eigenvalue weighted by atomic mass is 32.2. The van der Waals surface area contributed by atoms with Crippen molar-refractivity contribution in [2.45, 2.75) is 32.2 Å².